The lowest BCUT2D eigenvalue weighted by Crippen LogP contribution is -1.97. The Morgan fingerprint density at radius 1 is 1.15 bits per heavy atom. The molecule has 0 saturated carbocycles. The predicted molar refractivity (Wildman–Crippen MR) is 56.7 cm³/mol. The molecule has 3 nitrogen and oxygen atoms in total. The Morgan fingerprint density at radius 2 is 1.46 bits per heavy atom. The van der Waals surface area contributed by atoms with Gasteiger partial charge in [-0.15, -0.1) is 0 Å². The maximum absolute atomic E-state index is 10.2. The molecule has 0 aliphatic carbocycles. The maximum atomic E-state index is 10.2. The van der Waals surface area contributed by atoms with Gasteiger partial charge >= 0.3 is 5.97 Å². The lowest BCUT2D eigenvalue weighted by Gasteiger charge is -1.91. The molecular weight excluding hydrogens is 168 g/mol. The molecule has 0 spiro atoms. The second kappa shape index (κ2) is 17.3. The minimum atomic E-state index is -0.123. The van der Waals surface area contributed by atoms with Crippen LogP contribution in [-0.4, -0.2) is 18.9 Å². The van der Waals surface area contributed by atoms with Crippen LogP contribution in [0.25, 0.3) is 0 Å². The summed E-state index contributed by atoms with van der Waals surface area (Å²) in [6, 6.07) is 0. The monoisotopic (exact) mass is 192 g/mol. The van der Waals surface area contributed by atoms with Crippen molar-refractivity contribution in [1.29, 1.82) is 0 Å². The quantitative estimate of drug-likeness (QED) is 0.632. The van der Waals surface area contributed by atoms with Gasteiger partial charge in [0.05, 0.1) is 7.11 Å². The van der Waals surface area contributed by atoms with Gasteiger partial charge in [-0.2, -0.15) is 0 Å². The van der Waals surface area contributed by atoms with Crippen LogP contribution >= 0.6 is 0 Å². The van der Waals surface area contributed by atoms with E-state index in [2.05, 4.69) is 4.74 Å². The fraction of sp³-hybridized carbons (Fsp3) is 0.800. The molecule has 82 valence electrons. The first-order valence-electron chi connectivity index (χ1n) is 3.58. The number of Topliss-reactive ketones (excluding diaryl/α,β-unsaturated/α-hetero) is 1. The molecule has 0 aliphatic rings. The third-order valence-corrected chi connectivity index (χ3v) is 0.682. The average Bonchev–Trinajstić information content (AvgIpc) is 1.87. The van der Waals surface area contributed by atoms with Crippen LogP contribution < -0.4 is 0 Å². The molecule has 0 atom stereocenters. The molecule has 0 saturated heterocycles. The van der Waals surface area contributed by atoms with E-state index in [0.29, 0.717) is 6.42 Å². The molecule has 0 aromatic carbocycles. The predicted octanol–water partition coefficient (Wildman–Crippen LogP) is 2.83. The number of carbonyl (C=O) groups is 2. The molecule has 0 bridgehead atoms. The molecule has 3 heteroatoms. The molecule has 0 aromatic heterocycles. The zero-order valence-electron chi connectivity index (χ0n) is 7.64. The number of ether oxygens (including phenoxy) is 1. The Morgan fingerprint density at radius 3 is 1.54 bits per heavy atom. The highest BCUT2D eigenvalue weighted by molar-refractivity contribution is 5.72. The number of hydrogen-bond acceptors (Lipinski definition) is 3. The van der Waals surface area contributed by atoms with Gasteiger partial charge in [-0.1, -0.05) is 21.8 Å². The Balaban J connectivity index is -0.0000000600. The van der Waals surface area contributed by atoms with Gasteiger partial charge < -0.3 is 9.53 Å². The summed E-state index contributed by atoms with van der Waals surface area (Å²) < 4.78 is 4.35. The zero-order chi connectivity index (χ0) is 9.28. The first-order valence-corrected chi connectivity index (χ1v) is 3.58. The van der Waals surface area contributed by atoms with Crippen molar-refractivity contribution in [2.24, 2.45) is 0 Å². The maximum Gasteiger partial charge on any atom is 0.305 e. The molecule has 0 radical (unpaired) electrons. The first-order chi connectivity index (χ1) is 5.04. The van der Waals surface area contributed by atoms with Crippen molar-refractivity contribution < 1.29 is 14.3 Å². The Hall–Kier alpha value is -0.860. The molecule has 0 fully saturated rings. The molecular formula is C10H24O3. The van der Waals surface area contributed by atoms with Crippen molar-refractivity contribution in [2.75, 3.05) is 7.11 Å². The van der Waals surface area contributed by atoms with E-state index in [4.69, 9.17) is 0 Å². The van der Waals surface area contributed by atoms with Crippen LogP contribution in [0.2, 0.25) is 0 Å². The van der Waals surface area contributed by atoms with E-state index in [0.717, 1.165) is 6.42 Å². The molecule has 13 heavy (non-hydrogen) atoms. The van der Waals surface area contributed by atoms with Gasteiger partial charge in [0.15, 0.2) is 0 Å². The lowest BCUT2D eigenvalue weighted by molar-refractivity contribution is -0.140. The standard InChI is InChI=1S/C5H10O2.C3H6O.2CH4/c1-3-4-5(6)7-2;1-3(2)4;;/h3-4H2,1-2H3;1-2H3;2*1H4. The zero-order valence-corrected chi connectivity index (χ0v) is 7.64. The summed E-state index contributed by atoms with van der Waals surface area (Å²) in [4.78, 5) is 19.6. The number of carbonyl (C=O) groups excluding carboxylic acids is 2. The lowest BCUT2D eigenvalue weighted by atomic mass is 10.3. The van der Waals surface area contributed by atoms with Crippen LogP contribution in [0.5, 0.6) is 0 Å². The summed E-state index contributed by atoms with van der Waals surface area (Å²) >= 11 is 0. The molecule has 0 rings (SSSR count). The Labute approximate surface area is 82.5 Å². The minimum Gasteiger partial charge on any atom is -0.469 e. The third kappa shape index (κ3) is 54.3. The van der Waals surface area contributed by atoms with Crippen LogP contribution in [0.4, 0.5) is 0 Å². The highest BCUT2D eigenvalue weighted by Crippen LogP contribution is 1.86. The van der Waals surface area contributed by atoms with E-state index < -0.39 is 0 Å². The van der Waals surface area contributed by atoms with Crippen molar-refractivity contribution in [2.45, 2.75) is 48.5 Å². The smallest absolute Gasteiger partial charge is 0.305 e. The van der Waals surface area contributed by atoms with Gasteiger partial charge in [0.1, 0.15) is 5.78 Å². The highest BCUT2D eigenvalue weighted by atomic mass is 16.5. The van der Waals surface area contributed by atoms with E-state index in [1.807, 2.05) is 6.92 Å². The number of esters is 1. The normalized spacial score (nSPS) is 6.46. The number of ketones is 1. The number of rotatable bonds is 2. The molecule has 0 amide bonds. The van der Waals surface area contributed by atoms with Crippen LogP contribution in [0, 0.1) is 0 Å². The summed E-state index contributed by atoms with van der Waals surface area (Å²) in [5.74, 6) is 0.0440. The second-order valence-electron chi connectivity index (χ2n) is 2.23. The van der Waals surface area contributed by atoms with Crippen LogP contribution in [0.3, 0.4) is 0 Å². The van der Waals surface area contributed by atoms with Crippen molar-refractivity contribution in [3.8, 4) is 0 Å². The molecule has 0 aromatic rings. The summed E-state index contributed by atoms with van der Waals surface area (Å²) in [6.07, 6.45) is 1.41. The van der Waals surface area contributed by atoms with E-state index in [9.17, 15) is 9.59 Å². The van der Waals surface area contributed by atoms with Gasteiger partial charge in [-0.25, -0.2) is 0 Å². The average molecular weight is 192 g/mol. The van der Waals surface area contributed by atoms with Crippen LogP contribution in [0.1, 0.15) is 48.5 Å². The van der Waals surface area contributed by atoms with Crippen molar-refractivity contribution in [3.63, 3.8) is 0 Å². The summed E-state index contributed by atoms with van der Waals surface area (Å²) in [6.45, 7) is 5.00. The van der Waals surface area contributed by atoms with Gasteiger partial charge in [-0.3, -0.25) is 4.79 Å². The molecule has 0 aliphatic heterocycles. The summed E-state index contributed by atoms with van der Waals surface area (Å²) in [7, 11) is 1.40. The van der Waals surface area contributed by atoms with Crippen LogP contribution in [0.15, 0.2) is 0 Å². The SMILES string of the molecule is C.C.CC(C)=O.CCCC(=O)OC. The summed E-state index contributed by atoms with van der Waals surface area (Å²) in [5, 5.41) is 0. The minimum absolute atomic E-state index is 0. The molecule has 0 unspecified atom stereocenters. The Bertz CT molecular complexity index is 115. The van der Waals surface area contributed by atoms with E-state index in [-0.39, 0.29) is 26.6 Å². The largest absolute Gasteiger partial charge is 0.469 e. The highest BCUT2D eigenvalue weighted by Gasteiger charge is 1.92. The topological polar surface area (TPSA) is 43.4 Å². The van der Waals surface area contributed by atoms with E-state index in [1.165, 1.54) is 21.0 Å². The van der Waals surface area contributed by atoms with Gasteiger partial charge in [0.25, 0.3) is 0 Å². The van der Waals surface area contributed by atoms with Gasteiger partial charge in [0, 0.05) is 6.42 Å². The Kier molecular flexibility index (Phi) is 30.2. The summed E-state index contributed by atoms with van der Waals surface area (Å²) in [5.41, 5.74) is 0. The number of methoxy groups -OCH3 is 1. The fourth-order valence-electron chi connectivity index (χ4n) is 0.306. The van der Waals surface area contributed by atoms with Gasteiger partial charge in [0.2, 0.25) is 0 Å². The van der Waals surface area contributed by atoms with Crippen LogP contribution in [-0.2, 0) is 14.3 Å². The van der Waals surface area contributed by atoms with E-state index in [1.54, 1.807) is 0 Å². The van der Waals surface area contributed by atoms with Crippen molar-refractivity contribution in [1.82, 2.24) is 0 Å². The van der Waals surface area contributed by atoms with Crippen molar-refractivity contribution >= 4 is 11.8 Å². The molecule has 0 N–H and O–H groups in total. The van der Waals surface area contributed by atoms with Gasteiger partial charge in [-0.05, 0) is 20.3 Å². The molecule has 0 heterocycles. The fourth-order valence-corrected chi connectivity index (χ4v) is 0.306. The second-order valence-corrected chi connectivity index (χ2v) is 2.23. The third-order valence-electron chi connectivity index (χ3n) is 0.682. The van der Waals surface area contributed by atoms with E-state index >= 15 is 0 Å². The van der Waals surface area contributed by atoms with Crippen molar-refractivity contribution in [3.05, 3.63) is 0 Å². The first kappa shape index (κ1) is 22.7. The number of hydrogen-bond donors (Lipinski definition) is 0.